The van der Waals surface area contributed by atoms with Gasteiger partial charge in [-0.2, -0.15) is 0 Å². The second kappa shape index (κ2) is 16.1. The van der Waals surface area contributed by atoms with E-state index in [2.05, 4.69) is 182 Å². The molecule has 0 unspecified atom stereocenters. The highest BCUT2D eigenvalue weighted by molar-refractivity contribution is 6.18. The first-order valence-electron chi connectivity index (χ1n) is 21.9. The molecule has 0 bridgehead atoms. The molecule has 1 heteroatoms. The van der Waals surface area contributed by atoms with Crippen molar-refractivity contribution in [3.63, 3.8) is 0 Å². The summed E-state index contributed by atoms with van der Waals surface area (Å²) in [6, 6.07) is 55.7. The highest BCUT2D eigenvalue weighted by Crippen LogP contribution is 2.47. The molecule has 0 N–H and O–H groups in total. The average molecular weight is 752 g/mol. The number of benzene rings is 8. The van der Waals surface area contributed by atoms with Crippen LogP contribution in [0.15, 0.2) is 164 Å². The smallest absolute Gasteiger partial charge is 0.0612 e. The lowest BCUT2D eigenvalue weighted by atomic mass is 9.84. The van der Waals surface area contributed by atoms with Crippen molar-refractivity contribution in [3.8, 4) is 11.1 Å². The lowest BCUT2D eigenvalue weighted by Crippen LogP contribution is -2.13. The van der Waals surface area contributed by atoms with Crippen molar-refractivity contribution in [1.82, 2.24) is 0 Å². The molecule has 2 aliphatic carbocycles. The third kappa shape index (κ3) is 6.92. The van der Waals surface area contributed by atoms with Gasteiger partial charge in [-0.1, -0.05) is 166 Å². The number of hydrogen-bond acceptors (Lipinski definition) is 1. The summed E-state index contributed by atoms with van der Waals surface area (Å²) in [5.74, 6) is 1.34. The van der Waals surface area contributed by atoms with Crippen LogP contribution in [-0.4, -0.2) is 0 Å². The van der Waals surface area contributed by atoms with Gasteiger partial charge in [0.25, 0.3) is 0 Å². The quantitative estimate of drug-likeness (QED) is 0.0849. The molecule has 2 aliphatic rings. The van der Waals surface area contributed by atoms with Crippen LogP contribution < -0.4 is 4.90 Å². The van der Waals surface area contributed by atoms with Gasteiger partial charge >= 0.3 is 0 Å². The van der Waals surface area contributed by atoms with Crippen LogP contribution in [0.5, 0.6) is 0 Å². The van der Waals surface area contributed by atoms with Gasteiger partial charge in [0.2, 0.25) is 0 Å². The van der Waals surface area contributed by atoms with E-state index in [1.807, 2.05) is 0 Å². The zero-order valence-corrected chi connectivity index (χ0v) is 33.8. The summed E-state index contributed by atoms with van der Waals surface area (Å²) in [6.07, 6.45) is 22.1. The molecule has 8 aromatic carbocycles. The van der Waals surface area contributed by atoms with Gasteiger partial charge in [-0.25, -0.2) is 0 Å². The lowest BCUT2D eigenvalue weighted by molar-refractivity contribution is 0.443. The molecule has 0 radical (unpaired) electrons. The second-order valence-corrected chi connectivity index (χ2v) is 16.9. The summed E-state index contributed by atoms with van der Waals surface area (Å²) in [5.41, 5.74) is 10.3. The molecule has 10 rings (SSSR count). The highest BCUT2D eigenvalue weighted by atomic mass is 15.1. The van der Waals surface area contributed by atoms with Gasteiger partial charge in [-0.3, -0.25) is 0 Å². The van der Waals surface area contributed by atoms with Crippen LogP contribution in [0.1, 0.15) is 99.7 Å². The van der Waals surface area contributed by atoms with E-state index in [-0.39, 0.29) is 0 Å². The fourth-order valence-corrected chi connectivity index (χ4v) is 10.3. The largest absolute Gasteiger partial charge is 0.309 e. The Bertz CT molecular complexity index is 2730. The van der Waals surface area contributed by atoms with Gasteiger partial charge in [-0.15, -0.1) is 0 Å². The molecule has 58 heavy (non-hydrogen) atoms. The molecule has 2 saturated carbocycles. The van der Waals surface area contributed by atoms with Crippen LogP contribution in [0.2, 0.25) is 0 Å². The first-order valence-corrected chi connectivity index (χ1v) is 21.9. The predicted molar refractivity (Wildman–Crippen MR) is 252 cm³/mol. The van der Waals surface area contributed by atoms with E-state index in [9.17, 15) is 0 Å². The van der Waals surface area contributed by atoms with Crippen LogP contribution in [0.25, 0.3) is 60.3 Å². The minimum absolute atomic E-state index is 0.669. The predicted octanol–water partition coefficient (Wildman–Crippen LogP) is 17.1. The van der Waals surface area contributed by atoms with Crippen molar-refractivity contribution in [3.05, 3.63) is 181 Å². The molecule has 0 saturated heterocycles. The summed E-state index contributed by atoms with van der Waals surface area (Å²) in [6.45, 7) is 2.09. The number of allylic oxidation sites excluding steroid dienone is 3. The summed E-state index contributed by atoms with van der Waals surface area (Å²) < 4.78 is 0. The van der Waals surface area contributed by atoms with E-state index in [1.54, 1.807) is 0 Å². The van der Waals surface area contributed by atoms with Gasteiger partial charge in [0.1, 0.15) is 0 Å². The van der Waals surface area contributed by atoms with E-state index in [1.165, 1.54) is 152 Å². The number of nitrogens with zero attached hydrogens (tertiary/aromatic N) is 1. The molecule has 0 spiro atoms. The fraction of sp³-hybridized carbons (Fsp3) is 0.228. The van der Waals surface area contributed by atoms with Crippen molar-refractivity contribution in [1.29, 1.82) is 0 Å². The van der Waals surface area contributed by atoms with Crippen LogP contribution in [0, 0.1) is 0 Å². The first-order chi connectivity index (χ1) is 28.7. The van der Waals surface area contributed by atoms with E-state index in [4.69, 9.17) is 0 Å². The van der Waals surface area contributed by atoms with E-state index < -0.39 is 0 Å². The van der Waals surface area contributed by atoms with E-state index >= 15 is 0 Å². The Morgan fingerprint density at radius 1 is 0.431 bits per heavy atom. The minimum atomic E-state index is 0.669. The van der Waals surface area contributed by atoms with Gasteiger partial charge in [0.05, 0.1) is 5.69 Å². The summed E-state index contributed by atoms with van der Waals surface area (Å²) >= 11 is 0. The fourth-order valence-electron chi connectivity index (χ4n) is 10.3. The number of hydrogen-bond donors (Lipinski definition) is 0. The second-order valence-electron chi connectivity index (χ2n) is 16.9. The summed E-state index contributed by atoms with van der Waals surface area (Å²) in [7, 11) is 0. The molecular weight excluding hydrogens is 699 g/mol. The van der Waals surface area contributed by atoms with Gasteiger partial charge in [0.15, 0.2) is 0 Å². The summed E-state index contributed by atoms with van der Waals surface area (Å²) in [5, 5.41) is 10.2. The third-order valence-electron chi connectivity index (χ3n) is 13.3. The topological polar surface area (TPSA) is 3.24 Å². The zero-order valence-electron chi connectivity index (χ0n) is 33.8. The van der Waals surface area contributed by atoms with Crippen molar-refractivity contribution in [2.75, 3.05) is 4.90 Å². The van der Waals surface area contributed by atoms with Crippen LogP contribution in [-0.2, 0) is 0 Å². The maximum absolute atomic E-state index is 2.54. The van der Waals surface area contributed by atoms with Crippen molar-refractivity contribution in [2.24, 2.45) is 0 Å². The maximum Gasteiger partial charge on any atom is 0.0612 e. The van der Waals surface area contributed by atoms with Crippen LogP contribution in [0.3, 0.4) is 0 Å². The Labute approximate surface area is 344 Å². The minimum Gasteiger partial charge on any atom is -0.309 e. The normalized spacial score (nSPS) is 15.7. The molecule has 2 fully saturated rings. The van der Waals surface area contributed by atoms with Crippen molar-refractivity contribution >= 4 is 66.2 Å². The Hall–Kier alpha value is -5.92. The summed E-state index contributed by atoms with van der Waals surface area (Å²) in [4.78, 5) is 2.54. The standard InChI is InChI=1S/C57H53N/c1-2-3-6-22-47-39-56(51-26-15-25-50-53(51)36-31-46-37-44-20-11-12-21-45(44)38-55(46)50)52-23-13-14-24-54(52)57(47)58(48-32-27-42(28-33-48)40-16-7-4-8-17-40)49-34-29-43(30-35-49)41-18-9-5-10-19-41/h2-3,6,11-15,20-41H,4-5,7-10,16-19H2,1H3/b3-2-,22-6-. The van der Waals surface area contributed by atoms with Crippen molar-refractivity contribution in [2.45, 2.75) is 83.0 Å². The number of fused-ring (bicyclic) bond motifs is 5. The molecule has 8 aromatic rings. The Balaban J connectivity index is 1.18. The average Bonchev–Trinajstić information content (AvgIpc) is 3.29. The highest BCUT2D eigenvalue weighted by Gasteiger charge is 2.24. The number of rotatable bonds is 8. The van der Waals surface area contributed by atoms with E-state index in [0.29, 0.717) is 11.8 Å². The Kier molecular flexibility index (Phi) is 10.1. The van der Waals surface area contributed by atoms with E-state index in [0.717, 1.165) is 0 Å². The van der Waals surface area contributed by atoms with Crippen LogP contribution in [0.4, 0.5) is 17.1 Å². The lowest BCUT2D eigenvalue weighted by Gasteiger charge is -2.31. The first kappa shape index (κ1) is 36.4. The maximum atomic E-state index is 2.54. The molecule has 0 atom stereocenters. The third-order valence-corrected chi connectivity index (χ3v) is 13.3. The molecule has 1 nitrogen and oxygen atoms in total. The Morgan fingerprint density at radius 3 is 1.64 bits per heavy atom. The molecule has 0 aromatic heterocycles. The van der Waals surface area contributed by atoms with Crippen molar-refractivity contribution < 1.29 is 0 Å². The molecule has 286 valence electrons. The van der Waals surface area contributed by atoms with Gasteiger partial charge in [-0.05, 0) is 152 Å². The molecular formula is C57H53N. The Morgan fingerprint density at radius 2 is 1.00 bits per heavy atom. The number of anilines is 3. The monoisotopic (exact) mass is 751 g/mol. The molecule has 0 amide bonds. The molecule has 0 aliphatic heterocycles. The van der Waals surface area contributed by atoms with Crippen LogP contribution >= 0.6 is 0 Å². The SMILES string of the molecule is C/C=C\C=C/c1cc(-c2cccc3c2ccc2cc4ccccc4cc23)c2ccccc2c1N(c1ccc(C2CCCCC2)cc1)c1ccc(C2CCCCC2)cc1. The molecule has 0 heterocycles. The van der Waals surface area contributed by atoms with Gasteiger partial charge < -0.3 is 4.90 Å². The van der Waals surface area contributed by atoms with Gasteiger partial charge in [0, 0.05) is 16.8 Å². The zero-order chi connectivity index (χ0) is 38.8.